The first-order valence-corrected chi connectivity index (χ1v) is 8.91. The maximum atomic E-state index is 12.5. The van der Waals surface area contributed by atoms with Crippen LogP contribution in [-0.4, -0.2) is 18.0 Å². The van der Waals surface area contributed by atoms with Gasteiger partial charge in [0, 0.05) is 16.4 Å². The van der Waals surface area contributed by atoms with Gasteiger partial charge in [0.05, 0.1) is 29.8 Å². The number of nitrogens with one attached hydrogen (secondary N) is 1. The van der Waals surface area contributed by atoms with Crippen molar-refractivity contribution in [1.29, 1.82) is 0 Å². The molecule has 0 radical (unpaired) electrons. The number of ether oxygens (including phenoxy) is 1. The van der Waals surface area contributed by atoms with Gasteiger partial charge in [-0.1, -0.05) is 39.0 Å². The third-order valence-electron chi connectivity index (χ3n) is 3.77. The summed E-state index contributed by atoms with van der Waals surface area (Å²) in [4.78, 5) is 17.1. The number of hydrogen-bond donors (Lipinski definition) is 1. The molecule has 130 valence electrons. The molecule has 0 spiro atoms. The first-order valence-electron chi connectivity index (χ1n) is 8.03. The first-order chi connectivity index (χ1) is 11.1. The maximum Gasteiger partial charge on any atom is 0.226 e. The van der Waals surface area contributed by atoms with Crippen molar-refractivity contribution in [1.82, 2.24) is 10.3 Å². The number of rotatable bonds is 5. The predicted molar refractivity (Wildman–Crippen MR) is 98.7 cm³/mol. The lowest BCUT2D eigenvalue weighted by molar-refractivity contribution is -0.122. The third kappa shape index (κ3) is 4.35. The molecule has 0 atom stereocenters. The van der Waals surface area contributed by atoms with Crippen LogP contribution in [0.2, 0.25) is 0 Å². The Morgan fingerprint density at radius 3 is 2.46 bits per heavy atom. The zero-order valence-electron chi connectivity index (χ0n) is 15.3. The average Bonchev–Trinajstić information content (AvgIpc) is 2.95. The van der Waals surface area contributed by atoms with Crippen molar-refractivity contribution >= 4 is 17.2 Å². The van der Waals surface area contributed by atoms with Crippen LogP contribution in [0, 0.1) is 0 Å². The molecular weight excluding hydrogens is 320 g/mol. The van der Waals surface area contributed by atoms with Gasteiger partial charge in [-0.05, 0) is 19.9 Å². The molecule has 4 nitrogen and oxygen atoms in total. The van der Waals surface area contributed by atoms with Crippen molar-refractivity contribution in [2.75, 3.05) is 7.11 Å². The summed E-state index contributed by atoms with van der Waals surface area (Å²) >= 11 is 1.61. The highest BCUT2D eigenvalue weighted by Crippen LogP contribution is 2.29. The Balaban J connectivity index is 2.09. The number of para-hydroxylation sites is 1. The van der Waals surface area contributed by atoms with Gasteiger partial charge in [0.15, 0.2) is 0 Å². The number of benzene rings is 1. The van der Waals surface area contributed by atoms with Crippen molar-refractivity contribution in [3.8, 4) is 5.75 Å². The molecule has 0 unspecified atom stereocenters. The van der Waals surface area contributed by atoms with Crippen LogP contribution in [0.3, 0.4) is 0 Å². The average molecular weight is 346 g/mol. The number of amides is 1. The van der Waals surface area contributed by atoms with Gasteiger partial charge in [-0.2, -0.15) is 0 Å². The molecule has 1 N–H and O–H groups in total. The van der Waals surface area contributed by atoms with E-state index in [1.54, 1.807) is 18.4 Å². The van der Waals surface area contributed by atoms with E-state index in [4.69, 9.17) is 4.74 Å². The van der Waals surface area contributed by atoms with Crippen LogP contribution in [0.1, 0.15) is 50.9 Å². The number of carbonyl (C=O) groups excluding carboxylic acids is 1. The zero-order valence-corrected chi connectivity index (χ0v) is 16.1. The number of carbonyl (C=O) groups is 1. The Morgan fingerprint density at radius 1 is 1.21 bits per heavy atom. The summed E-state index contributed by atoms with van der Waals surface area (Å²) in [6, 6.07) is 7.74. The van der Waals surface area contributed by atoms with Gasteiger partial charge in [-0.15, -0.1) is 11.3 Å². The molecule has 1 amide bonds. The highest BCUT2D eigenvalue weighted by Gasteiger charge is 2.26. The van der Waals surface area contributed by atoms with E-state index in [0.29, 0.717) is 0 Å². The minimum Gasteiger partial charge on any atom is -0.496 e. The topological polar surface area (TPSA) is 51.2 Å². The molecule has 24 heavy (non-hydrogen) atoms. The Kier molecular flexibility index (Phi) is 5.33. The summed E-state index contributed by atoms with van der Waals surface area (Å²) in [5.74, 6) is 0.725. The van der Waals surface area contributed by atoms with Crippen LogP contribution in [0.15, 0.2) is 29.6 Å². The van der Waals surface area contributed by atoms with Gasteiger partial charge in [0.25, 0.3) is 0 Å². The molecule has 0 aliphatic rings. The van der Waals surface area contributed by atoms with E-state index in [0.717, 1.165) is 22.0 Å². The lowest BCUT2D eigenvalue weighted by atomic mass is 9.93. The van der Waals surface area contributed by atoms with Crippen molar-refractivity contribution in [2.45, 2.75) is 52.0 Å². The largest absolute Gasteiger partial charge is 0.496 e. The molecule has 1 aromatic heterocycles. The highest BCUT2D eigenvalue weighted by molar-refractivity contribution is 7.09. The van der Waals surface area contributed by atoms with E-state index in [2.05, 4.69) is 31.1 Å². The fraction of sp³-hybridized carbons (Fsp3) is 0.474. The van der Waals surface area contributed by atoms with Crippen LogP contribution in [-0.2, 0) is 22.2 Å². The van der Waals surface area contributed by atoms with Gasteiger partial charge in [-0.25, -0.2) is 4.98 Å². The second-order valence-electron chi connectivity index (χ2n) is 7.44. The van der Waals surface area contributed by atoms with E-state index in [1.165, 1.54) is 0 Å². The maximum absolute atomic E-state index is 12.5. The smallest absolute Gasteiger partial charge is 0.226 e. The monoisotopic (exact) mass is 346 g/mol. The van der Waals surface area contributed by atoms with Crippen molar-refractivity contribution in [3.63, 3.8) is 0 Å². The molecule has 0 saturated carbocycles. The molecule has 1 aromatic carbocycles. The van der Waals surface area contributed by atoms with Gasteiger partial charge in [0.2, 0.25) is 5.91 Å². The highest BCUT2D eigenvalue weighted by atomic mass is 32.1. The molecular formula is C19H26N2O2S. The number of hydrogen-bond acceptors (Lipinski definition) is 4. The lowest BCUT2D eigenvalue weighted by Crippen LogP contribution is -2.42. The third-order valence-corrected chi connectivity index (χ3v) is 5.08. The quantitative estimate of drug-likeness (QED) is 0.889. The zero-order chi connectivity index (χ0) is 18.0. The first kappa shape index (κ1) is 18.5. The summed E-state index contributed by atoms with van der Waals surface area (Å²) in [5, 5.41) is 6.11. The number of nitrogens with zero attached hydrogens (tertiary/aromatic N) is 1. The fourth-order valence-electron chi connectivity index (χ4n) is 2.52. The second-order valence-corrected chi connectivity index (χ2v) is 8.30. The van der Waals surface area contributed by atoms with Gasteiger partial charge in [-0.3, -0.25) is 4.79 Å². The lowest BCUT2D eigenvalue weighted by Gasteiger charge is -2.28. The van der Waals surface area contributed by atoms with Gasteiger partial charge < -0.3 is 10.1 Å². The standard InChI is InChI=1S/C19H26N2O2S/c1-18(2,3)17-20-13(12-24-17)11-16(22)21-19(4,5)14-9-7-8-10-15(14)23-6/h7-10,12H,11H2,1-6H3,(H,21,22). The van der Waals surface area contributed by atoms with Crippen LogP contribution in [0.4, 0.5) is 0 Å². The van der Waals surface area contributed by atoms with Crippen molar-refractivity contribution in [3.05, 3.63) is 45.9 Å². The van der Waals surface area contributed by atoms with Crippen LogP contribution in [0.25, 0.3) is 0 Å². The molecule has 0 saturated heterocycles. The van der Waals surface area contributed by atoms with Crippen molar-refractivity contribution < 1.29 is 9.53 Å². The van der Waals surface area contributed by atoms with E-state index in [9.17, 15) is 4.79 Å². The Labute approximate surface area is 148 Å². The second kappa shape index (κ2) is 6.93. The minimum absolute atomic E-state index is 0.00999. The van der Waals surface area contributed by atoms with Gasteiger partial charge >= 0.3 is 0 Å². The SMILES string of the molecule is COc1ccccc1C(C)(C)NC(=O)Cc1csc(C(C)(C)C)n1. The number of aromatic nitrogens is 1. The molecule has 0 aliphatic carbocycles. The summed E-state index contributed by atoms with van der Waals surface area (Å²) < 4.78 is 5.41. The molecule has 0 fully saturated rings. The molecule has 5 heteroatoms. The normalized spacial score (nSPS) is 12.1. The van der Waals surface area contributed by atoms with E-state index < -0.39 is 5.54 Å². The summed E-state index contributed by atoms with van der Waals surface area (Å²) in [6.07, 6.45) is 0.283. The number of thiazole rings is 1. The van der Waals surface area contributed by atoms with Crippen LogP contribution in [0.5, 0.6) is 5.75 Å². The Morgan fingerprint density at radius 2 is 1.88 bits per heavy atom. The van der Waals surface area contributed by atoms with E-state index >= 15 is 0 Å². The van der Waals surface area contributed by atoms with E-state index in [-0.39, 0.29) is 17.7 Å². The summed E-state index contributed by atoms with van der Waals surface area (Å²) in [6.45, 7) is 10.3. The summed E-state index contributed by atoms with van der Waals surface area (Å²) in [7, 11) is 1.64. The minimum atomic E-state index is -0.521. The van der Waals surface area contributed by atoms with Crippen molar-refractivity contribution in [2.24, 2.45) is 0 Å². The molecule has 0 bridgehead atoms. The van der Waals surface area contributed by atoms with Crippen LogP contribution >= 0.6 is 11.3 Å². The molecule has 2 aromatic rings. The molecule has 1 heterocycles. The fourth-order valence-corrected chi connectivity index (χ4v) is 3.43. The summed E-state index contributed by atoms with van der Waals surface area (Å²) in [5.41, 5.74) is 1.26. The predicted octanol–water partition coefficient (Wildman–Crippen LogP) is 4.04. The van der Waals surface area contributed by atoms with E-state index in [1.807, 2.05) is 43.5 Å². The van der Waals surface area contributed by atoms with Gasteiger partial charge in [0.1, 0.15) is 5.75 Å². The Hall–Kier alpha value is -1.88. The Bertz CT molecular complexity index is 714. The molecule has 2 rings (SSSR count). The number of methoxy groups -OCH3 is 1. The molecule has 0 aliphatic heterocycles. The van der Waals surface area contributed by atoms with Crippen LogP contribution < -0.4 is 10.1 Å².